The average molecular weight is 330 g/mol. The number of rotatable bonds is 5. The van der Waals surface area contributed by atoms with Gasteiger partial charge in [0.05, 0.1) is 18.0 Å². The molecule has 3 rings (SSSR count). The van der Waals surface area contributed by atoms with Crippen molar-refractivity contribution in [1.29, 1.82) is 0 Å². The third-order valence-corrected chi connectivity index (χ3v) is 4.89. The van der Waals surface area contributed by atoms with Crippen LogP contribution in [0.25, 0.3) is 5.82 Å². The van der Waals surface area contributed by atoms with Gasteiger partial charge in [0, 0.05) is 18.4 Å². The predicted molar refractivity (Wildman–Crippen MR) is 88.5 cm³/mol. The molecule has 1 aliphatic rings. The normalized spacial score (nSPS) is 25.1. The number of ether oxygens (including phenoxy) is 1. The van der Waals surface area contributed by atoms with Gasteiger partial charge in [0.25, 0.3) is 0 Å². The average Bonchev–Trinajstić information content (AvgIpc) is 3.09. The molecule has 1 amide bonds. The molecule has 0 radical (unpaired) electrons. The first kappa shape index (κ1) is 16.5. The van der Waals surface area contributed by atoms with Crippen LogP contribution in [0.5, 0.6) is 0 Å². The largest absolute Gasteiger partial charge is 0.378 e. The fourth-order valence-electron chi connectivity index (χ4n) is 2.99. The summed E-state index contributed by atoms with van der Waals surface area (Å²) in [7, 11) is 0. The molecule has 0 aliphatic heterocycles. The van der Waals surface area contributed by atoms with Gasteiger partial charge in [0.2, 0.25) is 5.91 Å². The van der Waals surface area contributed by atoms with Crippen molar-refractivity contribution in [2.45, 2.75) is 38.8 Å². The summed E-state index contributed by atoms with van der Waals surface area (Å²) in [6.45, 7) is 6.47. The Bertz CT molecular complexity index is 713. The molecule has 1 fully saturated rings. The number of hydrogen-bond donors (Lipinski definition) is 2. The van der Waals surface area contributed by atoms with E-state index in [2.05, 4.69) is 20.4 Å². The van der Waals surface area contributed by atoms with E-state index in [1.165, 1.54) is 11.0 Å². The zero-order chi connectivity index (χ0) is 17.4. The van der Waals surface area contributed by atoms with E-state index in [0.717, 1.165) is 0 Å². The molecule has 8 heteroatoms. The molecule has 2 heterocycles. The number of amides is 1. The molecule has 24 heavy (non-hydrogen) atoms. The van der Waals surface area contributed by atoms with E-state index in [4.69, 9.17) is 10.5 Å². The number of nitrogens with two attached hydrogens (primary N) is 1. The van der Waals surface area contributed by atoms with Crippen LogP contribution < -0.4 is 11.1 Å². The molecule has 128 valence electrons. The molecule has 0 aromatic carbocycles. The molecule has 2 aromatic heterocycles. The highest BCUT2D eigenvalue weighted by atomic mass is 16.5. The Morgan fingerprint density at radius 1 is 1.50 bits per heavy atom. The lowest BCUT2D eigenvalue weighted by Gasteiger charge is -2.57. The van der Waals surface area contributed by atoms with E-state index in [1.807, 2.05) is 20.8 Å². The number of pyridine rings is 1. The SMILES string of the molecule is CCOC1CC(N)(C(=O)Nc2ccc(-n3cncn3)nc2)C1(C)C. The van der Waals surface area contributed by atoms with Crippen LogP contribution in [0.15, 0.2) is 31.0 Å². The number of anilines is 1. The van der Waals surface area contributed by atoms with Crippen LogP contribution in [-0.2, 0) is 9.53 Å². The van der Waals surface area contributed by atoms with E-state index in [1.54, 1.807) is 24.7 Å². The smallest absolute Gasteiger partial charge is 0.245 e. The van der Waals surface area contributed by atoms with Gasteiger partial charge in [-0.25, -0.2) is 14.6 Å². The first-order chi connectivity index (χ1) is 11.4. The Morgan fingerprint density at radius 2 is 2.29 bits per heavy atom. The Kier molecular flexibility index (Phi) is 4.10. The zero-order valence-electron chi connectivity index (χ0n) is 14.1. The second-order valence-corrected chi connectivity index (χ2v) is 6.54. The van der Waals surface area contributed by atoms with Crippen LogP contribution in [0.4, 0.5) is 5.69 Å². The van der Waals surface area contributed by atoms with Gasteiger partial charge in [0.15, 0.2) is 5.82 Å². The summed E-state index contributed by atoms with van der Waals surface area (Å²) in [5.74, 6) is 0.395. The molecular weight excluding hydrogens is 308 g/mol. The summed E-state index contributed by atoms with van der Waals surface area (Å²) in [6.07, 6.45) is 5.06. The van der Waals surface area contributed by atoms with Crippen molar-refractivity contribution in [3.63, 3.8) is 0 Å². The fourth-order valence-corrected chi connectivity index (χ4v) is 2.99. The highest BCUT2D eigenvalue weighted by molar-refractivity contribution is 5.99. The minimum Gasteiger partial charge on any atom is -0.378 e. The lowest BCUT2D eigenvalue weighted by Crippen LogP contribution is -2.74. The van der Waals surface area contributed by atoms with Gasteiger partial charge >= 0.3 is 0 Å². The van der Waals surface area contributed by atoms with Crippen molar-refractivity contribution in [2.24, 2.45) is 11.1 Å². The van der Waals surface area contributed by atoms with Gasteiger partial charge in [-0.3, -0.25) is 4.79 Å². The van der Waals surface area contributed by atoms with Crippen LogP contribution in [0.3, 0.4) is 0 Å². The maximum atomic E-state index is 12.6. The van der Waals surface area contributed by atoms with Crippen LogP contribution in [-0.4, -0.2) is 43.9 Å². The topological polar surface area (TPSA) is 108 Å². The van der Waals surface area contributed by atoms with Gasteiger partial charge in [-0.1, -0.05) is 13.8 Å². The van der Waals surface area contributed by atoms with Crippen molar-refractivity contribution >= 4 is 11.6 Å². The van der Waals surface area contributed by atoms with E-state index in [9.17, 15) is 4.79 Å². The fraction of sp³-hybridized carbons (Fsp3) is 0.500. The van der Waals surface area contributed by atoms with Gasteiger partial charge in [-0.2, -0.15) is 5.10 Å². The van der Waals surface area contributed by atoms with E-state index >= 15 is 0 Å². The van der Waals surface area contributed by atoms with Gasteiger partial charge in [-0.15, -0.1) is 0 Å². The molecule has 1 saturated carbocycles. The Hall–Kier alpha value is -2.32. The van der Waals surface area contributed by atoms with Crippen molar-refractivity contribution in [3.8, 4) is 5.82 Å². The number of carbonyl (C=O) groups excluding carboxylic acids is 1. The maximum Gasteiger partial charge on any atom is 0.245 e. The molecule has 2 aromatic rings. The van der Waals surface area contributed by atoms with Crippen molar-refractivity contribution in [3.05, 3.63) is 31.0 Å². The van der Waals surface area contributed by atoms with Crippen molar-refractivity contribution in [1.82, 2.24) is 19.7 Å². The van der Waals surface area contributed by atoms with E-state index < -0.39 is 11.0 Å². The van der Waals surface area contributed by atoms with Crippen LogP contribution >= 0.6 is 0 Å². The first-order valence-corrected chi connectivity index (χ1v) is 7.91. The second-order valence-electron chi connectivity index (χ2n) is 6.54. The Labute approximate surface area is 140 Å². The molecule has 0 bridgehead atoms. The molecule has 2 atom stereocenters. The Morgan fingerprint density at radius 3 is 2.83 bits per heavy atom. The van der Waals surface area contributed by atoms with Gasteiger partial charge < -0.3 is 15.8 Å². The molecule has 3 N–H and O–H groups in total. The number of hydrogen-bond acceptors (Lipinski definition) is 6. The first-order valence-electron chi connectivity index (χ1n) is 7.91. The van der Waals surface area contributed by atoms with Gasteiger partial charge in [-0.05, 0) is 19.1 Å². The number of carbonyl (C=O) groups is 1. The summed E-state index contributed by atoms with van der Waals surface area (Å²) in [6, 6.07) is 3.51. The highest BCUT2D eigenvalue weighted by Crippen LogP contribution is 2.50. The third kappa shape index (κ3) is 2.57. The zero-order valence-corrected chi connectivity index (χ0v) is 14.1. The number of aromatic nitrogens is 4. The van der Waals surface area contributed by atoms with Crippen LogP contribution in [0.1, 0.15) is 27.2 Å². The minimum absolute atomic E-state index is 0.00827. The standard InChI is InChI=1S/C16H22N6O2/c1-4-24-12-7-16(17,15(12,2)3)14(23)21-11-5-6-13(19-8-11)22-10-18-9-20-22/h5-6,8-10,12H,4,7,17H2,1-3H3,(H,21,23). The van der Waals surface area contributed by atoms with Gasteiger partial charge in [0.1, 0.15) is 18.2 Å². The summed E-state index contributed by atoms with van der Waals surface area (Å²) in [5, 5.41) is 6.85. The highest BCUT2D eigenvalue weighted by Gasteiger charge is 2.62. The summed E-state index contributed by atoms with van der Waals surface area (Å²) in [4.78, 5) is 20.8. The van der Waals surface area contributed by atoms with Crippen molar-refractivity contribution in [2.75, 3.05) is 11.9 Å². The molecule has 0 saturated heterocycles. The van der Waals surface area contributed by atoms with E-state index in [-0.39, 0.29) is 12.0 Å². The quantitative estimate of drug-likeness (QED) is 0.851. The maximum absolute atomic E-state index is 12.6. The van der Waals surface area contributed by atoms with Crippen LogP contribution in [0.2, 0.25) is 0 Å². The lowest BCUT2D eigenvalue weighted by molar-refractivity contribution is -0.166. The number of nitrogens with zero attached hydrogens (tertiary/aromatic N) is 4. The summed E-state index contributed by atoms with van der Waals surface area (Å²) >= 11 is 0. The third-order valence-electron chi connectivity index (χ3n) is 4.89. The summed E-state index contributed by atoms with van der Waals surface area (Å²) < 4.78 is 7.20. The molecule has 0 spiro atoms. The molecule has 1 aliphatic carbocycles. The van der Waals surface area contributed by atoms with E-state index in [0.29, 0.717) is 24.5 Å². The molecular formula is C16H22N6O2. The monoisotopic (exact) mass is 330 g/mol. The molecule has 2 unspecified atom stereocenters. The summed E-state index contributed by atoms with van der Waals surface area (Å²) in [5.41, 5.74) is 5.56. The molecule has 8 nitrogen and oxygen atoms in total. The minimum atomic E-state index is -0.961. The predicted octanol–water partition coefficient (Wildman–Crippen LogP) is 1.13. The number of nitrogens with one attached hydrogen (secondary N) is 1. The van der Waals surface area contributed by atoms with Crippen LogP contribution in [0, 0.1) is 5.41 Å². The Balaban J connectivity index is 1.69. The lowest BCUT2D eigenvalue weighted by atomic mass is 9.54. The second kappa shape index (κ2) is 5.95. The van der Waals surface area contributed by atoms with Crippen molar-refractivity contribution < 1.29 is 9.53 Å².